The predicted octanol–water partition coefficient (Wildman–Crippen LogP) is 4.71. The van der Waals surface area contributed by atoms with Gasteiger partial charge in [-0.25, -0.2) is 0 Å². The number of aromatic nitrogens is 1. The van der Waals surface area contributed by atoms with Crippen LogP contribution in [0.5, 0.6) is 5.75 Å². The highest BCUT2D eigenvalue weighted by atomic mass is 35.5. The third kappa shape index (κ3) is 2.45. The predicted molar refractivity (Wildman–Crippen MR) is 78.8 cm³/mol. The molecule has 0 saturated heterocycles. The molecule has 2 nitrogen and oxygen atoms in total. The van der Waals surface area contributed by atoms with Crippen molar-refractivity contribution < 1.29 is 4.74 Å². The topological polar surface area (TPSA) is 25.0 Å². The molecule has 3 aromatic rings. The first-order chi connectivity index (χ1) is 9.24. The van der Waals surface area contributed by atoms with Crippen molar-refractivity contribution >= 4 is 22.5 Å². The van der Waals surface area contributed by atoms with E-state index < -0.39 is 0 Å². The Morgan fingerprint density at radius 1 is 1.11 bits per heavy atom. The summed E-state index contributed by atoms with van der Waals surface area (Å²) in [6.07, 6.45) is 0. The summed E-state index contributed by atoms with van der Waals surface area (Å²) in [6.45, 7) is 2.59. The lowest BCUT2D eigenvalue weighted by molar-refractivity contribution is 0.302. The van der Waals surface area contributed by atoms with Crippen LogP contribution in [-0.2, 0) is 6.61 Å². The van der Waals surface area contributed by atoms with Gasteiger partial charge in [-0.1, -0.05) is 35.9 Å². The molecular formula is C16H14ClNO. The summed E-state index contributed by atoms with van der Waals surface area (Å²) in [7, 11) is 0. The van der Waals surface area contributed by atoms with Crippen molar-refractivity contribution in [1.29, 1.82) is 0 Å². The van der Waals surface area contributed by atoms with E-state index in [0.29, 0.717) is 17.4 Å². The average molecular weight is 272 g/mol. The van der Waals surface area contributed by atoms with Gasteiger partial charge in [-0.2, -0.15) is 0 Å². The Balaban J connectivity index is 1.83. The van der Waals surface area contributed by atoms with E-state index in [1.165, 1.54) is 10.9 Å². The maximum Gasteiger partial charge on any atom is 0.138 e. The first kappa shape index (κ1) is 12.1. The Kier molecular flexibility index (Phi) is 3.18. The summed E-state index contributed by atoms with van der Waals surface area (Å²) in [5, 5.41) is 1.87. The molecule has 0 radical (unpaired) electrons. The quantitative estimate of drug-likeness (QED) is 0.733. The monoisotopic (exact) mass is 271 g/mol. The normalized spacial score (nSPS) is 10.8. The highest BCUT2D eigenvalue weighted by molar-refractivity contribution is 6.32. The van der Waals surface area contributed by atoms with Crippen molar-refractivity contribution in [2.45, 2.75) is 13.5 Å². The number of nitrogens with one attached hydrogen (secondary N) is 1. The summed E-state index contributed by atoms with van der Waals surface area (Å²) in [6, 6.07) is 15.9. The minimum absolute atomic E-state index is 0.484. The second-order valence-corrected chi connectivity index (χ2v) is 4.96. The van der Waals surface area contributed by atoms with Gasteiger partial charge in [-0.05, 0) is 36.8 Å². The van der Waals surface area contributed by atoms with Crippen molar-refractivity contribution in [2.24, 2.45) is 0 Å². The Hall–Kier alpha value is -1.93. The number of halogens is 1. The zero-order valence-electron chi connectivity index (χ0n) is 10.6. The number of hydrogen-bond donors (Lipinski definition) is 1. The van der Waals surface area contributed by atoms with Gasteiger partial charge in [-0.15, -0.1) is 0 Å². The number of fused-ring (bicyclic) bond motifs is 1. The SMILES string of the molecule is Cc1cccc2[nH]c(COc3ccccc3Cl)cc12. The maximum absolute atomic E-state index is 6.06. The Morgan fingerprint density at radius 3 is 2.74 bits per heavy atom. The van der Waals surface area contributed by atoms with Crippen LogP contribution in [0.15, 0.2) is 48.5 Å². The van der Waals surface area contributed by atoms with Crippen molar-refractivity contribution in [1.82, 2.24) is 4.98 Å². The second-order valence-electron chi connectivity index (χ2n) is 4.55. The van der Waals surface area contributed by atoms with Gasteiger partial charge in [0.05, 0.1) is 10.7 Å². The van der Waals surface area contributed by atoms with Crippen LogP contribution in [0.25, 0.3) is 10.9 Å². The standard InChI is InChI=1S/C16H14ClNO/c1-11-5-4-7-15-13(11)9-12(18-15)10-19-16-8-3-2-6-14(16)17/h2-9,18H,10H2,1H3. The van der Waals surface area contributed by atoms with Crippen molar-refractivity contribution in [3.05, 3.63) is 64.8 Å². The first-order valence-corrected chi connectivity index (χ1v) is 6.56. The van der Waals surface area contributed by atoms with Crippen LogP contribution in [0.3, 0.4) is 0 Å². The number of aromatic amines is 1. The fourth-order valence-electron chi connectivity index (χ4n) is 2.16. The van der Waals surface area contributed by atoms with Gasteiger partial charge in [-0.3, -0.25) is 0 Å². The summed E-state index contributed by atoms with van der Waals surface area (Å²) >= 11 is 6.06. The fraction of sp³-hybridized carbons (Fsp3) is 0.125. The Morgan fingerprint density at radius 2 is 1.95 bits per heavy atom. The van der Waals surface area contributed by atoms with Gasteiger partial charge in [0, 0.05) is 10.9 Å². The van der Waals surface area contributed by atoms with Crippen molar-refractivity contribution in [2.75, 3.05) is 0 Å². The minimum Gasteiger partial charge on any atom is -0.486 e. The number of para-hydroxylation sites is 1. The van der Waals surface area contributed by atoms with E-state index in [0.717, 1.165) is 11.2 Å². The number of hydrogen-bond acceptors (Lipinski definition) is 1. The lowest BCUT2D eigenvalue weighted by Crippen LogP contribution is -1.95. The third-order valence-corrected chi connectivity index (χ3v) is 3.47. The zero-order chi connectivity index (χ0) is 13.2. The molecule has 0 aliphatic rings. The van der Waals surface area contributed by atoms with Gasteiger partial charge in [0.15, 0.2) is 0 Å². The summed E-state index contributed by atoms with van der Waals surface area (Å²) in [5.74, 6) is 0.708. The van der Waals surface area contributed by atoms with Gasteiger partial charge in [0.2, 0.25) is 0 Å². The molecule has 0 aliphatic heterocycles. The highest BCUT2D eigenvalue weighted by Gasteiger charge is 2.05. The lowest BCUT2D eigenvalue weighted by atomic mass is 10.1. The van der Waals surface area contributed by atoms with E-state index in [1.54, 1.807) is 0 Å². The molecule has 0 saturated carbocycles. The number of benzene rings is 2. The molecular weight excluding hydrogens is 258 g/mol. The van der Waals surface area contributed by atoms with Gasteiger partial charge in [0.25, 0.3) is 0 Å². The number of aryl methyl sites for hydroxylation is 1. The van der Waals surface area contributed by atoms with E-state index in [-0.39, 0.29) is 0 Å². The van der Waals surface area contributed by atoms with Crippen LogP contribution in [-0.4, -0.2) is 4.98 Å². The minimum atomic E-state index is 0.484. The van der Waals surface area contributed by atoms with Gasteiger partial charge < -0.3 is 9.72 Å². The van der Waals surface area contributed by atoms with E-state index in [4.69, 9.17) is 16.3 Å². The largest absolute Gasteiger partial charge is 0.486 e. The van der Waals surface area contributed by atoms with Crippen LogP contribution in [0.2, 0.25) is 5.02 Å². The molecule has 3 heteroatoms. The van der Waals surface area contributed by atoms with Crippen LogP contribution < -0.4 is 4.74 Å². The summed E-state index contributed by atoms with van der Waals surface area (Å²) < 4.78 is 5.73. The summed E-state index contributed by atoms with van der Waals surface area (Å²) in [4.78, 5) is 3.36. The van der Waals surface area contributed by atoms with Gasteiger partial charge >= 0.3 is 0 Å². The molecule has 2 aromatic carbocycles. The molecule has 96 valence electrons. The van der Waals surface area contributed by atoms with E-state index in [2.05, 4.69) is 30.1 Å². The molecule has 0 fully saturated rings. The molecule has 0 amide bonds. The molecule has 3 rings (SSSR count). The molecule has 0 aliphatic carbocycles. The molecule has 0 unspecified atom stereocenters. The molecule has 1 heterocycles. The molecule has 0 atom stereocenters. The molecule has 1 aromatic heterocycles. The van der Waals surface area contributed by atoms with Crippen molar-refractivity contribution in [3.63, 3.8) is 0 Å². The molecule has 19 heavy (non-hydrogen) atoms. The fourth-order valence-corrected chi connectivity index (χ4v) is 2.35. The van der Waals surface area contributed by atoms with Gasteiger partial charge in [0.1, 0.15) is 12.4 Å². The van der Waals surface area contributed by atoms with E-state index in [9.17, 15) is 0 Å². The molecule has 0 bridgehead atoms. The molecule has 1 N–H and O–H groups in total. The Bertz CT molecular complexity index is 718. The van der Waals surface area contributed by atoms with E-state index >= 15 is 0 Å². The van der Waals surface area contributed by atoms with Crippen LogP contribution in [0.4, 0.5) is 0 Å². The number of H-pyrrole nitrogens is 1. The van der Waals surface area contributed by atoms with Crippen LogP contribution >= 0.6 is 11.6 Å². The van der Waals surface area contributed by atoms with Crippen molar-refractivity contribution in [3.8, 4) is 5.75 Å². The smallest absolute Gasteiger partial charge is 0.138 e. The maximum atomic E-state index is 6.06. The Labute approximate surface area is 117 Å². The third-order valence-electron chi connectivity index (χ3n) is 3.16. The van der Waals surface area contributed by atoms with Crippen LogP contribution in [0, 0.1) is 6.92 Å². The summed E-state index contributed by atoms with van der Waals surface area (Å²) in [5.41, 5.74) is 3.44. The van der Waals surface area contributed by atoms with E-state index in [1.807, 2.05) is 30.3 Å². The number of ether oxygens (including phenoxy) is 1. The number of rotatable bonds is 3. The lowest BCUT2D eigenvalue weighted by Gasteiger charge is -2.05. The average Bonchev–Trinajstić information content (AvgIpc) is 2.82. The first-order valence-electron chi connectivity index (χ1n) is 6.18. The molecule has 0 spiro atoms. The second kappa shape index (κ2) is 4.98. The van der Waals surface area contributed by atoms with Crippen LogP contribution in [0.1, 0.15) is 11.3 Å². The highest BCUT2D eigenvalue weighted by Crippen LogP contribution is 2.25. The zero-order valence-corrected chi connectivity index (χ0v) is 11.4.